The SMILES string of the molecule is C=C(C)C=O.CCCCCCCC1CCC(C2CCC(CCc3ccc(OC(COC)COOC(=O)CCO)cc3)CC2)CC1. The maximum Gasteiger partial charge on any atom is 0.344 e. The minimum absolute atomic E-state index is 0.0516. The van der Waals surface area contributed by atoms with E-state index >= 15 is 0 Å². The zero-order valence-electron chi connectivity index (χ0n) is 28.5. The topological polar surface area (TPSA) is 91.3 Å². The lowest BCUT2D eigenvalue weighted by Gasteiger charge is -2.38. The van der Waals surface area contributed by atoms with Crippen LogP contribution in [-0.4, -0.2) is 50.4 Å². The van der Waals surface area contributed by atoms with Crippen LogP contribution in [0.15, 0.2) is 36.4 Å². The van der Waals surface area contributed by atoms with Gasteiger partial charge in [0.05, 0.1) is 19.6 Å². The van der Waals surface area contributed by atoms with Gasteiger partial charge in [0.15, 0.2) is 0 Å². The Morgan fingerprint density at radius 1 is 0.911 bits per heavy atom. The molecule has 0 aliphatic heterocycles. The molecule has 7 nitrogen and oxygen atoms in total. The quantitative estimate of drug-likeness (QED) is 0.0507. The molecule has 0 saturated heterocycles. The van der Waals surface area contributed by atoms with Crippen LogP contribution in [0.4, 0.5) is 0 Å². The molecular weight excluding hydrogens is 568 g/mol. The van der Waals surface area contributed by atoms with Gasteiger partial charge in [0.1, 0.15) is 24.7 Å². The van der Waals surface area contributed by atoms with Crippen molar-refractivity contribution in [3.05, 3.63) is 42.0 Å². The number of carbonyl (C=O) groups is 2. The Hall–Kier alpha value is -2.22. The summed E-state index contributed by atoms with van der Waals surface area (Å²) in [5, 5.41) is 8.76. The molecule has 0 radical (unpaired) electrons. The average Bonchev–Trinajstić information content (AvgIpc) is 3.05. The second kappa shape index (κ2) is 24.0. The van der Waals surface area contributed by atoms with E-state index in [1.165, 1.54) is 102 Å². The number of aliphatic hydroxyl groups excluding tert-OH is 1. The number of benzene rings is 1. The van der Waals surface area contributed by atoms with Crippen molar-refractivity contribution in [2.24, 2.45) is 23.7 Å². The van der Waals surface area contributed by atoms with Gasteiger partial charge in [0.25, 0.3) is 0 Å². The van der Waals surface area contributed by atoms with Crippen molar-refractivity contribution in [2.45, 2.75) is 129 Å². The number of hydrogen-bond donors (Lipinski definition) is 1. The number of aliphatic hydroxyl groups is 1. The molecule has 2 aliphatic carbocycles. The van der Waals surface area contributed by atoms with E-state index in [1.807, 2.05) is 12.1 Å². The summed E-state index contributed by atoms with van der Waals surface area (Å²) >= 11 is 0. The number of rotatable bonds is 20. The number of aldehydes is 1. The van der Waals surface area contributed by atoms with Gasteiger partial charge < -0.3 is 14.6 Å². The lowest BCUT2D eigenvalue weighted by molar-refractivity contribution is -0.282. The fourth-order valence-electron chi connectivity index (χ4n) is 6.84. The Bertz CT molecular complexity index is 915. The first-order valence-electron chi connectivity index (χ1n) is 17.7. The van der Waals surface area contributed by atoms with E-state index in [4.69, 9.17) is 19.5 Å². The van der Waals surface area contributed by atoms with Gasteiger partial charge in [0, 0.05) is 7.11 Å². The molecule has 0 heterocycles. The van der Waals surface area contributed by atoms with Crippen LogP contribution >= 0.6 is 0 Å². The first-order valence-corrected chi connectivity index (χ1v) is 17.7. The summed E-state index contributed by atoms with van der Waals surface area (Å²) in [6, 6.07) is 8.28. The van der Waals surface area contributed by atoms with Crippen LogP contribution in [0.25, 0.3) is 0 Å². The molecule has 1 atom stereocenters. The minimum atomic E-state index is -0.609. The Balaban J connectivity index is 0.00000130. The number of hydrogen-bond acceptors (Lipinski definition) is 7. The molecule has 3 rings (SSSR count). The van der Waals surface area contributed by atoms with Gasteiger partial charge in [-0.05, 0) is 92.4 Å². The molecule has 7 heteroatoms. The molecule has 256 valence electrons. The Morgan fingerprint density at radius 3 is 2.02 bits per heavy atom. The predicted molar refractivity (Wildman–Crippen MR) is 180 cm³/mol. The molecule has 1 unspecified atom stereocenters. The van der Waals surface area contributed by atoms with E-state index in [1.54, 1.807) is 14.0 Å². The maximum absolute atomic E-state index is 11.3. The van der Waals surface area contributed by atoms with E-state index in [9.17, 15) is 9.59 Å². The van der Waals surface area contributed by atoms with Gasteiger partial charge >= 0.3 is 5.97 Å². The summed E-state index contributed by atoms with van der Waals surface area (Å²) in [5.41, 5.74) is 1.92. The largest absolute Gasteiger partial charge is 0.485 e. The van der Waals surface area contributed by atoms with Crippen molar-refractivity contribution in [1.29, 1.82) is 0 Å². The second-order valence-corrected chi connectivity index (χ2v) is 13.3. The minimum Gasteiger partial charge on any atom is -0.485 e. The van der Waals surface area contributed by atoms with Crippen LogP contribution in [0.2, 0.25) is 0 Å². The summed E-state index contributed by atoms with van der Waals surface area (Å²) in [4.78, 5) is 30.3. The van der Waals surface area contributed by atoms with Crippen molar-refractivity contribution in [3.8, 4) is 5.75 Å². The summed E-state index contributed by atoms with van der Waals surface area (Å²) in [6.07, 6.45) is 22.9. The average molecular weight is 631 g/mol. The van der Waals surface area contributed by atoms with Gasteiger partial charge in [-0.25, -0.2) is 4.79 Å². The molecule has 2 aliphatic rings. The van der Waals surface area contributed by atoms with Gasteiger partial charge in [-0.2, -0.15) is 4.89 Å². The van der Waals surface area contributed by atoms with E-state index in [-0.39, 0.29) is 19.6 Å². The standard InChI is InChI=1S/C34H56O6.C4H6O/c1-3-4-5-6-7-8-27-11-17-30(18-12-27)31-19-13-28(14-20-31)9-10-29-15-21-32(22-16-29)39-33(25-37-2)26-38-40-34(36)23-24-35;1-4(2)3-5/h15-16,21-22,27-28,30-31,33,35H,3-14,17-20,23-26H2,1-2H3;3H,1H2,2H3. The van der Waals surface area contributed by atoms with Gasteiger partial charge in [-0.15, -0.1) is 0 Å². The van der Waals surface area contributed by atoms with Crippen molar-refractivity contribution >= 4 is 12.3 Å². The third kappa shape index (κ3) is 17.3. The van der Waals surface area contributed by atoms with Crippen molar-refractivity contribution in [3.63, 3.8) is 0 Å². The van der Waals surface area contributed by atoms with Crippen molar-refractivity contribution < 1.29 is 33.9 Å². The highest BCUT2D eigenvalue weighted by atomic mass is 17.2. The monoisotopic (exact) mass is 630 g/mol. The maximum atomic E-state index is 11.3. The molecule has 0 amide bonds. The van der Waals surface area contributed by atoms with Crippen LogP contribution in [0, 0.1) is 23.7 Å². The summed E-state index contributed by atoms with van der Waals surface area (Å²) in [7, 11) is 1.59. The Kier molecular flexibility index (Phi) is 20.8. The molecule has 2 saturated carbocycles. The van der Waals surface area contributed by atoms with Gasteiger partial charge in [0.2, 0.25) is 0 Å². The normalized spacial score (nSPS) is 22.0. The van der Waals surface area contributed by atoms with Crippen LogP contribution in [0.3, 0.4) is 0 Å². The first-order chi connectivity index (χ1) is 21.9. The number of methoxy groups -OCH3 is 1. The number of carbonyl (C=O) groups excluding carboxylic acids is 2. The highest BCUT2D eigenvalue weighted by molar-refractivity contribution is 5.70. The van der Waals surface area contributed by atoms with Crippen LogP contribution in [0.1, 0.15) is 122 Å². The lowest BCUT2D eigenvalue weighted by atomic mass is 9.68. The zero-order chi connectivity index (χ0) is 32.7. The first kappa shape index (κ1) is 39.0. The summed E-state index contributed by atoms with van der Waals surface area (Å²) in [5.74, 6) is 4.01. The van der Waals surface area contributed by atoms with E-state index in [0.29, 0.717) is 12.2 Å². The highest BCUT2D eigenvalue weighted by Crippen LogP contribution is 2.43. The highest BCUT2D eigenvalue weighted by Gasteiger charge is 2.30. The summed E-state index contributed by atoms with van der Waals surface area (Å²) < 4.78 is 11.2. The second-order valence-electron chi connectivity index (χ2n) is 13.3. The van der Waals surface area contributed by atoms with E-state index in [0.717, 1.165) is 42.1 Å². The number of allylic oxidation sites excluding steroid dienone is 1. The molecule has 1 N–H and O–H groups in total. The molecule has 0 spiro atoms. The Morgan fingerprint density at radius 2 is 1.49 bits per heavy atom. The molecule has 0 aromatic heterocycles. The number of aryl methyl sites for hydroxylation is 1. The van der Waals surface area contributed by atoms with Crippen LogP contribution < -0.4 is 4.74 Å². The molecule has 2 fully saturated rings. The van der Waals surface area contributed by atoms with E-state index < -0.39 is 12.1 Å². The summed E-state index contributed by atoms with van der Waals surface area (Å²) in [6.45, 7) is 7.36. The lowest BCUT2D eigenvalue weighted by Crippen LogP contribution is -2.28. The predicted octanol–water partition coefficient (Wildman–Crippen LogP) is 8.60. The fourth-order valence-corrected chi connectivity index (χ4v) is 6.84. The van der Waals surface area contributed by atoms with E-state index in [2.05, 4.69) is 30.5 Å². The third-order valence-corrected chi connectivity index (χ3v) is 9.51. The Labute approximate surface area is 273 Å². The van der Waals surface area contributed by atoms with Crippen LogP contribution in [0.5, 0.6) is 5.75 Å². The number of ether oxygens (including phenoxy) is 2. The van der Waals surface area contributed by atoms with Crippen molar-refractivity contribution in [2.75, 3.05) is 26.9 Å². The zero-order valence-corrected chi connectivity index (χ0v) is 28.5. The molecule has 0 bridgehead atoms. The van der Waals surface area contributed by atoms with Crippen LogP contribution in [-0.2, 0) is 30.5 Å². The molecular formula is C38H62O7. The molecule has 45 heavy (non-hydrogen) atoms. The molecule has 1 aromatic rings. The third-order valence-electron chi connectivity index (χ3n) is 9.51. The van der Waals surface area contributed by atoms with Gasteiger partial charge in [-0.3, -0.25) is 9.68 Å². The molecule has 1 aromatic carbocycles. The van der Waals surface area contributed by atoms with Gasteiger partial charge in [-0.1, -0.05) is 89.8 Å². The van der Waals surface area contributed by atoms with Crippen molar-refractivity contribution in [1.82, 2.24) is 0 Å². The fraction of sp³-hybridized carbons (Fsp3) is 0.737. The smallest absolute Gasteiger partial charge is 0.344 e. The number of unbranched alkanes of at least 4 members (excludes halogenated alkanes) is 4.